The summed E-state index contributed by atoms with van der Waals surface area (Å²) in [4.78, 5) is 52.5. The Bertz CT molecular complexity index is 1000. The van der Waals surface area contributed by atoms with E-state index in [0.29, 0.717) is 21.2 Å². The summed E-state index contributed by atoms with van der Waals surface area (Å²) >= 11 is 7.86. The minimum Gasteiger partial charge on any atom is -0.479 e. The van der Waals surface area contributed by atoms with Crippen molar-refractivity contribution in [1.29, 1.82) is 0 Å². The molecular weight excluding hydrogens is 484 g/mol. The van der Waals surface area contributed by atoms with Gasteiger partial charge in [0.15, 0.2) is 6.04 Å². The maximum absolute atomic E-state index is 13.0. The summed E-state index contributed by atoms with van der Waals surface area (Å²) in [7, 11) is 3.61. The smallest absolute Gasteiger partial charge is 0.330 e. The second kappa shape index (κ2) is 10.6. The van der Waals surface area contributed by atoms with E-state index in [4.69, 9.17) is 12.2 Å². The molecule has 3 rings (SSSR count). The SMILES string of the molecule is CC(=O)NC(C(=O)NC1C(=O)N2C(C(=O)O)C(CSC(=S)N(C)C)=CS[C@@H]12)c1ccccc1. The number of amides is 3. The molecule has 2 aliphatic rings. The maximum Gasteiger partial charge on any atom is 0.330 e. The molecule has 176 valence electrons. The average Bonchev–Trinajstić information content (AvgIpc) is 2.78. The van der Waals surface area contributed by atoms with Crippen molar-refractivity contribution in [3.8, 4) is 0 Å². The second-order valence-electron chi connectivity index (χ2n) is 7.69. The molecule has 0 spiro atoms. The van der Waals surface area contributed by atoms with Gasteiger partial charge in [0.05, 0.1) is 0 Å². The van der Waals surface area contributed by atoms with Gasteiger partial charge in [-0.05, 0) is 16.5 Å². The Morgan fingerprint density at radius 3 is 2.52 bits per heavy atom. The molecule has 1 fully saturated rings. The first-order valence-corrected chi connectivity index (χ1v) is 12.3. The molecule has 9 nitrogen and oxygen atoms in total. The number of rotatable bonds is 7. The highest BCUT2D eigenvalue weighted by atomic mass is 32.2. The highest BCUT2D eigenvalue weighted by molar-refractivity contribution is 8.23. The predicted molar refractivity (Wildman–Crippen MR) is 131 cm³/mol. The molecule has 2 heterocycles. The summed E-state index contributed by atoms with van der Waals surface area (Å²) in [5, 5.41) is 16.3. The Balaban J connectivity index is 1.74. The zero-order valence-corrected chi connectivity index (χ0v) is 20.6. The van der Waals surface area contributed by atoms with E-state index in [9.17, 15) is 24.3 Å². The number of benzene rings is 1. The third-order valence-corrected chi connectivity index (χ3v) is 8.10. The molecule has 0 bridgehead atoms. The van der Waals surface area contributed by atoms with Crippen LogP contribution in [0, 0.1) is 0 Å². The fourth-order valence-electron chi connectivity index (χ4n) is 3.49. The maximum atomic E-state index is 13.0. The third kappa shape index (κ3) is 5.50. The van der Waals surface area contributed by atoms with Crippen LogP contribution in [0.3, 0.4) is 0 Å². The fourth-order valence-corrected chi connectivity index (χ4v) is 5.78. The van der Waals surface area contributed by atoms with Crippen LogP contribution >= 0.6 is 35.7 Å². The number of carboxylic acid groups (broad SMARTS) is 1. The number of carboxylic acids is 1. The van der Waals surface area contributed by atoms with Crippen LogP contribution in [0.15, 0.2) is 41.3 Å². The predicted octanol–water partition coefficient (Wildman–Crippen LogP) is 1.18. The lowest BCUT2D eigenvalue weighted by atomic mass is 9.98. The van der Waals surface area contributed by atoms with Crippen LogP contribution < -0.4 is 10.6 Å². The fraction of sp³-hybridized carbons (Fsp3) is 0.381. The van der Waals surface area contributed by atoms with Crippen LogP contribution in [-0.2, 0) is 19.2 Å². The van der Waals surface area contributed by atoms with E-state index in [1.807, 2.05) is 0 Å². The van der Waals surface area contributed by atoms with Crippen LogP contribution in [0.2, 0.25) is 0 Å². The van der Waals surface area contributed by atoms with Crippen LogP contribution in [0.4, 0.5) is 0 Å². The van der Waals surface area contributed by atoms with E-state index in [2.05, 4.69) is 10.6 Å². The standard InChI is InChI=1S/C21H24N4O5S3/c1-11(26)22-14(12-7-5-4-6-8-12)17(27)23-15-18(28)25-16(20(29)30)13(9-32-19(15)25)10-33-21(31)24(2)3/h4-9,14-16,19H,10H2,1-3H3,(H,22,26)(H,23,27)(H,29,30)/t14?,15?,16?,19-/m0/s1. The Kier molecular flexibility index (Phi) is 8.03. The third-order valence-electron chi connectivity index (χ3n) is 5.07. The highest BCUT2D eigenvalue weighted by Gasteiger charge is 2.56. The number of aliphatic carboxylic acids is 1. The summed E-state index contributed by atoms with van der Waals surface area (Å²) in [6, 6.07) is 5.71. The highest BCUT2D eigenvalue weighted by Crippen LogP contribution is 2.41. The Morgan fingerprint density at radius 2 is 1.94 bits per heavy atom. The summed E-state index contributed by atoms with van der Waals surface area (Å²) in [5.74, 6) is -2.20. The molecule has 0 radical (unpaired) electrons. The van der Waals surface area contributed by atoms with Gasteiger partial charge in [-0.3, -0.25) is 14.4 Å². The van der Waals surface area contributed by atoms with Crippen molar-refractivity contribution in [2.45, 2.75) is 30.4 Å². The topological polar surface area (TPSA) is 119 Å². The van der Waals surface area contributed by atoms with Gasteiger partial charge in [0.25, 0.3) is 0 Å². The number of fused-ring (bicyclic) bond motifs is 1. The first-order valence-electron chi connectivity index (χ1n) is 9.97. The lowest BCUT2D eigenvalue weighted by Gasteiger charge is -2.51. The van der Waals surface area contributed by atoms with Gasteiger partial charge >= 0.3 is 5.97 Å². The van der Waals surface area contributed by atoms with Crippen LogP contribution in [0.5, 0.6) is 0 Å². The molecule has 3 N–H and O–H groups in total. The van der Waals surface area contributed by atoms with Gasteiger partial charge in [-0.25, -0.2) is 4.79 Å². The molecular formula is C21H24N4O5S3. The summed E-state index contributed by atoms with van der Waals surface area (Å²) in [6.07, 6.45) is 0. The second-order valence-corrected chi connectivity index (χ2v) is 10.3. The number of hydrogen-bond acceptors (Lipinski definition) is 7. The molecule has 1 saturated heterocycles. The van der Waals surface area contributed by atoms with Gasteiger partial charge in [0.1, 0.15) is 21.8 Å². The van der Waals surface area contributed by atoms with Gasteiger partial charge in [-0.1, -0.05) is 54.3 Å². The summed E-state index contributed by atoms with van der Waals surface area (Å²) in [6.45, 7) is 1.31. The van der Waals surface area contributed by atoms with Crippen LogP contribution in [0.1, 0.15) is 18.5 Å². The Morgan fingerprint density at radius 1 is 1.27 bits per heavy atom. The molecule has 1 aromatic carbocycles. The molecule has 12 heteroatoms. The lowest BCUT2D eigenvalue weighted by Crippen LogP contribution is -2.74. The molecule has 0 aliphatic carbocycles. The molecule has 4 atom stereocenters. The van der Waals surface area contributed by atoms with Crippen LogP contribution in [0.25, 0.3) is 0 Å². The Labute approximate surface area is 205 Å². The van der Waals surface area contributed by atoms with Crippen molar-refractivity contribution < 1.29 is 24.3 Å². The average molecular weight is 509 g/mol. The lowest BCUT2D eigenvalue weighted by molar-refractivity contribution is -0.160. The van der Waals surface area contributed by atoms with Crippen molar-refractivity contribution in [3.05, 3.63) is 46.9 Å². The number of carbonyl (C=O) groups is 4. The number of hydrogen-bond donors (Lipinski definition) is 3. The monoisotopic (exact) mass is 508 g/mol. The first kappa shape index (κ1) is 25.1. The molecule has 2 aliphatic heterocycles. The molecule has 0 saturated carbocycles. The zero-order valence-electron chi connectivity index (χ0n) is 18.2. The van der Waals surface area contributed by atoms with Crippen molar-refractivity contribution in [3.63, 3.8) is 0 Å². The Hall–Kier alpha value is -2.57. The zero-order chi connectivity index (χ0) is 24.3. The number of nitrogens with zero attached hydrogens (tertiary/aromatic N) is 2. The van der Waals surface area contributed by atoms with E-state index < -0.39 is 41.3 Å². The minimum absolute atomic E-state index is 0.340. The summed E-state index contributed by atoms with van der Waals surface area (Å²) < 4.78 is 0.608. The van der Waals surface area contributed by atoms with E-state index in [1.165, 1.54) is 35.3 Å². The van der Waals surface area contributed by atoms with Crippen molar-refractivity contribution in [1.82, 2.24) is 20.4 Å². The number of carbonyl (C=O) groups excluding carboxylic acids is 3. The largest absolute Gasteiger partial charge is 0.479 e. The van der Waals surface area contributed by atoms with Crippen LogP contribution in [-0.4, -0.2) is 80.2 Å². The van der Waals surface area contributed by atoms with Gasteiger partial charge in [-0.2, -0.15) is 0 Å². The van der Waals surface area contributed by atoms with E-state index in [0.717, 1.165) is 0 Å². The normalized spacial score (nSPS) is 22.3. The van der Waals surface area contributed by atoms with Gasteiger partial charge in [-0.15, -0.1) is 11.8 Å². The van der Waals surface area contributed by atoms with Gasteiger partial charge < -0.3 is 25.5 Å². The molecule has 1 aromatic rings. The number of nitrogens with one attached hydrogen (secondary N) is 2. The summed E-state index contributed by atoms with van der Waals surface area (Å²) in [5.41, 5.74) is 1.14. The quantitative estimate of drug-likeness (QED) is 0.368. The van der Waals surface area contributed by atoms with E-state index in [1.54, 1.807) is 54.7 Å². The molecule has 33 heavy (non-hydrogen) atoms. The van der Waals surface area contributed by atoms with Crippen molar-refractivity contribution >= 4 is 63.8 Å². The van der Waals surface area contributed by atoms with E-state index >= 15 is 0 Å². The molecule has 3 unspecified atom stereocenters. The minimum atomic E-state index is -1.14. The first-order chi connectivity index (χ1) is 15.6. The van der Waals surface area contributed by atoms with Gasteiger partial charge in [0, 0.05) is 26.8 Å². The number of thiocarbonyl (C=S) groups is 1. The number of β-lactam (4-membered cyclic amide) rings is 1. The number of thioether (sulfide) groups is 2. The van der Waals surface area contributed by atoms with E-state index in [-0.39, 0.29) is 5.91 Å². The van der Waals surface area contributed by atoms with Crippen molar-refractivity contribution in [2.24, 2.45) is 0 Å². The molecule has 0 aromatic heterocycles. The van der Waals surface area contributed by atoms with Gasteiger partial charge in [0.2, 0.25) is 17.7 Å². The van der Waals surface area contributed by atoms with Crippen molar-refractivity contribution in [2.75, 3.05) is 19.8 Å². The molecule has 3 amide bonds.